The third-order valence-corrected chi connectivity index (χ3v) is 2.15. The number of hydrogen-bond donors (Lipinski definition) is 0. The summed E-state index contributed by atoms with van der Waals surface area (Å²) in [7, 11) is 1.81. The number of amidine groups is 1. The summed E-state index contributed by atoms with van der Waals surface area (Å²) in [5.41, 5.74) is -0.264. The molecule has 3 nitrogen and oxygen atoms in total. The first-order chi connectivity index (χ1) is 4.66. The second-order valence-electron chi connectivity index (χ2n) is 2.29. The van der Waals surface area contributed by atoms with Crippen molar-refractivity contribution in [3.8, 4) is 6.07 Å². The van der Waals surface area contributed by atoms with Crippen molar-refractivity contribution in [3.63, 3.8) is 0 Å². The highest BCUT2D eigenvalue weighted by Crippen LogP contribution is 2.17. The van der Waals surface area contributed by atoms with E-state index in [9.17, 15) is 0 Å². The molecule has 0 fully saturated rings. The molecule has 0 aromatic rings. The SMILES string of the molecule is CC1C(Cl)N=C(C#N)N1C. The van der Waals surface area contributed by atoms with Gasteiger partial charge in [0.25, 0.3) is 0 Å². The minimum absolute atomic E-state index is 0.135. The van der Waals surface area contributed by atoms with E-state index < -0.39 is 0 Å². The quantitative estimate of drug-likeness (QED) is 0.386. The van der Waals surface area contributed by atoms with Crippen molar-refractivity contribution in [2.45, 2.75) is 18.5 Å². The predicted molar refractivity (Wildman–Crippen MR) is 39.9 cm³/mol. The third kappa shape index (κ3) is 0.952. The largest absolute Gasteiger partial charge is 0.345 e. The maximum Gasteiger partial charge on any atom is 0.205 e. The Kier molecular flexibility index (Phi) is 1.82. The van der Waals surface area contributed by atoms with Crippen molar-refractivity contribution in [1.29, 1.82) is 5.26 Å². The molecule has 2 unspecified atom stereocenters. The van der Waals surface area contributed by atoms with Crippen molar-refractivity contribution in [2.75, 3.05) is 7.05 Å². The molecule has 2 atom stereocenters. The van der Waals surface area contributed by atoms with Gasteiger partial charge in [-0.3, -0.25) is 0 Å². The lowest BCUT2D eigenvalue weighted by atomic mass is 10.3. The fourth-order valence-electron chi connectivity index (χ4n) is 0.801. The smallest absolute Gasteiger partial charge is 0.205 e. The Morgan fingerprint density at radius 1 is 1.80 bits per heavy atom. The van der Waals surface area contributed by atoms with Gasteiger partial charge in [-0.1, -0.05) is 11.6 Å². The Bertz CT molecular complexity index is 206. The first-order valence-electron chi connectivity index (χ1n) is 3.01. The summed E-state index contributed by atoms with van der Waals surface area (Å²) < 4.78 is 0. The number of alkyl halides is 1. The van der Waals surface area contributed by atoms with Gasteiger partial charge in [0, 0.05) is 7.05 Å². The van der Waals surface area contributed by atoms with Gasteiger partial charge in [-0.15, -0.1) is 0 Å². The number of hydrogen-bond acceptors (Lipinski definition) is 3. The third-order valence-electron chi connectivity index (χ3n) is 1.69. The molecule has 54 valence electrons. The van der Waals surface area contributed by atoms with Gasteiger partial charge in [-0.05, 0) is 6.92 Å². The maximum atomic E-state index is 8.49. The van der Waals surface area contributed by atoms with E-state index in [-0.39, 0.29) is 11.5 Å². The molecule has 10 heavy (non-hydrogen) atoms. The monoisotopic (exact) mass is 157 g/mol. The molecule has 1 aliphatic heterocycles. The summed E-state index contributed by atoms with van der Waals surface area (Å²) in [6.07, 6.45) is 0. The van der Waals surface area contributed by atoms with Gasteiger partial charge in [-0.25, -0.2) is 4.99 Å². The van der Waals surface area contributed by atoms with Gasteiger partial charge in [0.05, 0.1) is 6.04 Å². The molecular formula is C6H8ClN3. The van der Waals surface area contributed by atoms with Crippen LogP contribution in [0.5, 0.6) is 0 Å². The molecule has 1 heterocycles. The Morgan fingerprint density at radius 2 is 2.40 bits per heavy atom. The van der Waals surface area contributed by atoms with Gasteiger partial charge >= 0.3 is 0 Å². The zero-order chi connectivity index (χ0) is 7.72. The molecule has 0 aromatic carbocycles. The van der Waals surface area contributed by atoms with Crippen LogP contribution in [0.1, 0.15) is 6.92 Å². The lowest BCUT2D eigenvalue weighted by molar-refractivity contribution is 0.419. The van der Waals surface area contributed by atoms with Crippen LogP contribution in [0.25, 0.3) is 0 Å². The minimum Gasteiger partial charge on any atom is -0.345 e. The van der Waals surface area contributed by atoms with Crippen LogP contribution in [0.3, 0.4) is 0 Å². The van der Waals surface area contributed by atoms with Crippen LogP contribution in [0, 0.1) is 11.3 Å². The Morgan fingerprint density at radius 3 is 2.60 bits per heavy atom. The van der Waals surface area contributed by atoms with Crippen LogP contribution >= 0.6 is 11.6 Å². The van der Waals surface area contributed by atoms with Gasteiger partial charge < -0.3 is 4.90 Å². The van der Waals surface area contributed by atoms with E-state index in [1.165, 1.54) is 0 Å². The van der Waals surface area contributed by atoms with Crippen LogP contribution in [-0.4, -0.2) is 29.3 Å². The molecule has 0 saturated heterocycles. The number of nitriles is 1. The van der Waals surface area contributed by atoms with Gasteiger partial charge in [-0.2, -0.15) is 5.26 Å². The van der Waals surface area contributed by atoms with Crippen molar-refractivity contribution in [2.24, 2.45) is 4.99 Å². The van der Waals surface area contributed by atoms with E-state index in [1.54, 1.807) is 4.90 Å². The molecule has 0 aliphatic carbocycles. The Balaban J connectivity index is 2.80. The fourth-order valence-corrected chi connectivity index (χ4v) is 1.06. The van der Waals surface area contributed by atoms with Crippen LogP contribution in [0.15, 0.2) is 4.99 Å². The van der Waals surface area contributed by atoms with Crippen molar-refractivity contribution < 1.29 is 0 Å². The lowest BCUT2D eigenvalue weighted by Gasteiger charge is -2.16. The Hall–Kier alpha value is -0.750. The van der Waals surface area contributed by atoms with Crippen LogP contribution in [-0.2, 0) is 0 Å². The average Bonchev–Trinajstić information content (AvgIpc) is 2.17. The molecule has 0 spiro atoms. The molecule has 0 radical (unpaired) electrons. The number of likely N-dealkylation sites (N-methyl/N-ethyl adjacent to an activating group) is 1. The van der Waals surface area contributed by atoms with Gasteiger partial charge in [0.15, 0.2) is 0 Å². The first-order valence-corrected chi connectivity index (χ1v) is 3.45. The van der Waals surface area contributed by atoms with Gasteiger partial charge in [0.1, 0.15) is 11.6 Å². The van der Waals surface area contributed by atoms with Crippen LogP contribution < -0.4 is 0 Å². The number of nitrogens with zero attached hydrogens (tertiary/aromatic N) is 3. The second-order valence-corrected chi connectivity index (χ2v) is 2.74. The van der Waals surface area contributed by atoms with E-state index in [2.05, 4.69) is 4.99 Å². The van der Waals surface area contributed by atoms with E-state index in [1.807, 2.05) is 20.0 Å². The zero-order valence-corrected chi connectivity index (χ0v) is 6.63. The maximum absolute atomic E-state index is 8.49. The Labute approximate surface area is 64.9 Å². The highest BCUT2D eigenvalue weighted by atomic mass is 35.5. The zero-order valence-electron chi connectivity index (χ0n) is 5.87. The van der Waals surface area contributed by atoms with E-state index in [0.717, 1.165) is 0 Å². The summed E-state index contributed by atoms with van der Waals surface area (Å²) in [6, 6.07) is 2.10. The molecule has 0 aromatic heterocycles. The molecule has 1 rings (SSSR count). The molecule has 0 amide bonds. The highest BCUT2D eigenvalue weighted by molar-refractivity contribution is 6.23. The average molecular weight is 158 g/mol. The van der Waals surface area contributed by atoms with E-state index in [0.29, 0.717) is 5.84 Å². The number of aliphatic imine (C=N–C) groups is 1. The topological polar surface area (TPSA) is 39.4 Å². The molecule has 0 N–H and O–H groups in total. The summed E-state index contributed by atoms with van der Waals surface area (Å²) >= 11 is 5.75. The van der Waals surface area contributed by atoms with Crippen LogP contribution in [0.4, 0.5) is 0 Å². The number of rotatable bonds is 0. The predicted octanol–water partition coefficient (Wildman–Crippen LogP) is 0.807. The summed E-state index contributed by atoms with van der Waals surface area (Å²) in [4.78, 5) is 5.69. The highest BCUT2D eigenvalue weighted by Gasteiger charge is 2.27. The summed E-state index contributed by atoms with van der Waals surface area (Å²) in [5, 5.41) is 8.49. The van der Waals surface area contributed by atoms with Crippen molar-refractivity contribution in [3.05, 3.63) is 0 Å². The summed E-state index contributed by atoms with van der Waals surface area (Å²) in [5.74, 6) is 0.424. The second kappa shape index (κ2) is 2.47. The normalized spacial score (nSPS) is 31.8. The van der Waals surface area contributed by atoms with E-state index in [4.69, 9.17) is 16.9 Å². The van der Waals surface area contributed by atoms with Gasteiger partial charge in [0.2, 0.25) is 5.84 Å². The standard InChI is InChI=1S/C6H8ClN3/c1-4-6(7)9-5(3-8)10(4)2/h4,6H,1-2H3. The minimum atomic E-state index is -0.264. The lowest BCUT2D eigenvalue weighted by Crippen LogP contribution is -2.31. The van der Waals surface area contributed by atoms with Crippen molar-refractivity contribution in [1.82, 2.24) is 4.90 Å². The van der Waals surface area contributed by atoms with Crippen molar-refractivity contribution >= 4 is 17.4 Å². The fraction of sp³-hybridized carbons (Fsp3) is 0.667. The molecule has 0 saturated carbocycles. The summed E-state index contributed by atoms with van der Waals surface area (Å²) in [6.45, 7) is 1.94. The van der Waals surface area contributed by atoms with Crippen LogP contribution in [0.2, 0.25) is 0 Å². The molecule has 4 heteroatoms. The number of halogens is 1. The molecular weight excluding hydrogens is 150 g/mol. The molecule has 1 aliphatic rings. The molecule has 0 bridgehead atoms. The van der Waals surface area contributed by atoms with E-state index >= 15 is 0 Å². The first kappa shape index (κ1) is 7.36.